The summed E-state index contributed by atoms with van der Waals surface area (Å²) in [4.78, 5) is 16.7. The first-order valence-corrected chi connectivity index (χ1v) is 7.49. The first-order valence-electron chi connectivity index (χ1n) is 6.68. The van der Waals surface area contributed by atoms with E-state index >= 15 is 0 Å². The van der Waals surface area contributed by atoms with Crippen LogP contribution in [0.25, 0.3) is 16.6 Å². The van der Waals surface area contributed by atoms with Crippen LogP contribution in [0.2, 0.25) is 0 Å². The number of carbonyl (C=O) groups is 1. The third kappa shape index (κ3) is 3.30. The lowest BCUT2D eigenvalue weighted by atomic mass is 10.2. The van der Waals surface area contributed by atoms with Crippen LogP contribution in [0.3, 0.4) is 0 Å². The van der Waals surface area contributed by atoms with Gasteiger partial charge < -0.3 is 5.11 Å². The van der Waals surface area contributed by atoms with Gasteiger partial charge in [-0.1, -0.05) is 48.5 Å². The number of carbonyl (C=O) groups excluding carboxylic acids is 1. The maximum atomic E-state index is 12.1. The maximum Gasteiger partial charge on any atom is 0.198 e. The Morgan fingerprint density at radius 1 is 1.14 bits per heavy atom. The van der Waals surface area contributed by atoms with E-state index in [0.717, 1.165) is 11.1 Å². The number of hydrogen-bond donors (Lipinski definition) is 1. The van der Waals surface area contributed by atoms with E-state index in [-0.39, 0.29) is 11.5 Å². The molecule has 1 N–H and O–H groups in total. The van der Waals surface area contributed by atoms with Crippen molar-refractivity contribution < 1.29 is 9.90 Å². The smallest absolute Gasteiger partial charge is 0.198 e. The number of phenolic OH excluding ortho intramolecular Hbond substituents is 1. The summed E-state index contributed by atoms with van der Waals surface area (Å²) in [6.07, 6.45) is 6.03. The molecule has 3 rings (SSSR count). The molecule has 3 nitrogen and oxygen atoms in total. The van der Waals surface area contributed by atoms with Gasteiger partial charge in [-0.05, 0) is 23.8 Å². The lowest BCUT2D eigenvalue weighted by Gasteiger charge is -1.96. The van der Waals surface area contributed by atoms with Gasteiger partial charge in [0.15, 0.2) is 5.78 Å². The lowest BCUT2D eigenvalue weighted by Crippen LogP contribution is -1.89. The van der Waals surface area contributed by atoms with E-state index in [2.05, 4.69) is 11.2 Å². The molecule has 0 atom stereocenters. The number of nitrogens with zero attached hydrogens (tertiary/aromatic N) is 1. The van der Waals surface area contributed by atoms with Crippen LogP contribution in [-0.4, -0.2) is 15.9 Å². The summed E-state index contributed by atoms with van der Waals surface area (Å²) in [5, 5.41) is 10.1. The number of ketones is 1. The molecule has 0 amide bonds. The quantitative estimate of drug-likeness (QED) is 0.580. The highest BCUT2D eigenvalue weighted by molar-refractivity contribution is 7.17. The van der Waals surface area contributed by atoms with Crippen molar-refractivity contribution in [2.75, 3.05) is 0 Å². The van der Waals surface area contributed by atoms with Crippen molar-refractivity contribution in [3.63, 3.8) is 0 Å². The first-order chi connectivity index (χ1) is 10.7. The summed E-state index contributed by atoms with van der Waals surface area (Å²) in [7, 11) is 0. The second kappa shape index (κ2) is 6.37. The van der Waals surface area contributed by atoms with E-state index in [0.29, 0.717) is 9.88 Å². The van der Waals surface area contributed by atoms with E-state index < -0.39 is 0 Å². The monoisotopic (exact) mass is 306 g/mol. The predicted octanol–water partition coefficient (Wildman–Crippen LogP) is 4.21. The third-order valence-corrected chi connectivity index (χ3v) is 4.02. The highest BCUT2D eigenvalue weighted by Gasteiger charge is 2.10. The van der Waals surface area contributed by atoms with Crippen LogP contribution in [0, 0.1) is 6.20 Å². The molecule has 1 heterocycles. The first kappa shape index (κ1) is 14.2. The van der Waals surface area contributed by atoms with Crippen LogP contribution < -0.4 is 0 Å². The zero-order valence-corrected chi connectivity index (χ0v) is 12.4. The van der Waals surface area contributed by atoms with Gasteiger partial charge in [0, 0.05) is 5.56 Å². The molecule has 3 aromatic rings. The minimum atomic E-state index is -0.132. The van der Waals surface area contributed by atoms with Gasteiger partial charge in [-0.25, -0.2) is 4.98 Å². The van der Waals surface area contributed by atoms with Gasteiger partial charge in [0.1, 0.15) is 21.8 Å². The Morgan fingerprint density at radius 2 is 1.95 bits per heavy atom. The molecule has 0 saturated carbocycles. The number of thiazole rings is 1. The number of benzene rings is 2. The molecule has 2 aromatic carbocycles. The zero-order chi connectivity index (χ0) is 15.4. The zero-order valence-electron chi connectivity index (χ0n) is 11.6. The number of phenols is 1. The summed E-state index contributed by atoms with van der Waals surface area (Å²) >= 11 is 1.26. The molecular weight excluding hydrogens is 294 g/mol. The number of rotatable bonds is 4. The van der Waals surface area contributed by atoms with Crippen molar-refractivity contribution >= 4 is 23.2 Å². The van der Waals surface area contributed by atoms with E-state index in [9.17, 15) is 9.90 Å². The Labute approximate surface area is 132 Å². The number of hydrogen-bond acceptors (Lipinski definition) is 4. The van der Waals surface area contributed by atoms with E-state index in [4.69, 9.17) is 0 Å². The van der Waals surface area contributed by atoms with Gasteiger partial charge in [0.05, 0.1) is 0 Å². The molecule has 0 aliphatic carbocycles. The number of aromatic nitrogens is 1. The van der Waals surface area contributed by atoms with Crippen LogP contribution in [0.4, 0.5) is 0 Å². The predicted molar refractivity (Wildman–Crippen MR) is 87.9 cm³/mol. The molecule has 0 bridgehead atoms. The Bertz CT molecular complexity index is 822. The van der Waals surface area contributed by atoms with Gasteiger partial charge in [-0.15, -0.1) is 11.3 Å². The summed E-state index contributed by atoms with van der Waals surface area (Å²) in [5.74, 6) is 0.0392. The maximum absolute atomic E-state index is 12.1. The largest absolute Gasteiger partial charge is 0.508 e. The van der Waals surface area contributed by atoms with Gasteiger partial charge in [0.2, 0.25) is 0 Å². The Balaban J connectivity index is 1.79. The highest BCUT2D eigenvalue weighted by atomic mass is 32.1. The number of aromatic hydroxyl groups is 1. The van der Waals surface area contributed by atoms with Crippen molar-refractivity contribution in [3.8, 4) is 16.3 Å². The van der Waals surface area contributed by atoms with E-state index in [1.54, 1.807) is 24.3 Å². The molecule has 0 spiro atoms. The summed E-state index contributed by atoms with van der Waals surface area (Å²) in [6.45, 7) is 0. The second-order valence-electron chi connectivity index (χ2n) is 4.62. The minimum absolute atomic E-state index is 0.132. The molecule has 0 fully saturated rings. The van der Waals surface area contributed by atoms with E-state index in [1.165, 1.54) is 17.4 Å². The fraction of sp³-hybridized carbons (Fsp3) is 0. The average molecular weight is 306 g/mol. The molecule has 1 radical (unpaired) electrons. The van der Waals surface area contributed by atoms with Gasteiger partial charge in [-0.3, -0.25) is 4.79 Å². The molecule has 0 saturated heterocycles. The summed E-state index contributed by atoms with van der Waals surface area (Å²) in [5.41, 5.74) is 1.74. The Kier molecular flexibility index (Phi) is 4.12. The Hall–Kier alpha value is -2.72. The topological polar surface area (TPSA) is 50.2 Å². The van der Waals surface area contributed by atoms with Gasteiger partial charge >= 0.3 is 0 Å². The van der Waals surface area contributed by atoms with E-state index in [1.807, 2.05) is 36.4 Å². The normalized spacial score (nSPS) is 10.9. The minimum Gasteiger partial charge on any atom is -0.508 e. The van der Waals surface area contributed by atoms with Crippen molar-refractivity contribution in [1.29, 1.82) is 0 Å². The van der Waals surface area contributed by atoms with Crippen LogP contribution in [0.5, 0.6) is 5.75 Å². The van der Waals surface area contributed by atoms with Crippen LogP contribution in [-0.2, 0) is 0 Å². The molecule has 1 aromatic heterocycles. The SMILES string of the molecule is O=C(C=Cc1ccccc1)c1[c]nc(-c2cccc(O)c2)s1. The van der Waals surface area contributed by atoms with Crippen molar-refractivity contribution in [2.45, 2.75) is 0 Å². The molecule has 22 heavy (non-hydrogen) atoms. The standard InChI is InChI=1S/C18H12NO2S/c20-15-8-4-7-14(11-15)18-19-12-17(22-18)16(21)10-9-13-5-2-1-3-6-13/h1-11,20H. The fourth-order valence-electron chi connectivity index (χ4n) is 1.92. The number of allylic oxidation sites excluding steroid dienone is 1. The molecular formula is C18H12NO2S. The molecule has 107 valence electrons. The van der Waals surface area contributed by atoms with Gasteiger partial charge in [0.25, 0.3) is 0 Å². The van der Waals surface area contributed by atoms with Crippen LogP contribution in [0.1, 0.15) is 15.2 Å². The summed E-state index contributed by atoms with van der Waals surface area (Å²) < 4.78 is 0. The highest BCUT2D eigenvalue weighted by Crippen LogP contribution is 2.27. The van der Waals surface area contributed by atoms with Gasteiger partial charge in [-0.2, -0.15) is 0 Å². The average Bonchev–Trinajstić information content (AvgIpc) is 3.04. The van der Waals surface area contributed by atoms with Crippen LogP contribution >= 0.6 is 11.3 Å². The molecule has 0 unspecified atom stereocenters. The molecule has 0 aliphatic heterocycles. The fourth-order valence-corrected chi connectivity index (χ4v) is 2.71. The molecule has 0 aliphatic rings. The molecule has 4 heteroatoms. The second-order valence-corrected chi connectivity index (χ2v) is 5.62. The Morgan fingerprint density at radius 3 is 2.73 bits per heavy atom. The van der Waals surface area contributed by atoms with Crippen molar-refractivity contribution in [2.24, 2.45) is 0 Å². The van der Waals surface area contributed by atoms with Crippen molar-refractivity contribution in [3.05, 3.63) is 77.3 Å². The summed E-state index contributed by atoms with van der Waals surface area (Å²) in [6, 6.07) is 16.4. The third-order valence-electron chi connectivity index (χ3n) is 3.00. The van der Waals surface area contributed by atoms with Crippen molar-refractivity contribution in [1.82, 2.24) is 4.98 Å². The lowest BCUT2D eigenvalue weighted by molar-refractivity contribution is 0.105. The van der Waals surface area contributed by atoms with Crippen LogP contribution in [0.15, 0.2) is 60.7 Å².